The summed E-state index contributed by atoms with van der Waals surface area (Å²) in [7, 11) is -3.54. The molecule has 0 aliphatic carbocycles. The minimum atomic E-state index is -3.54. The van der Waals surface area contributed by atoms with Gasteiger partial charge >= 0.3 is 0 Å². The predicted octanol–water partition coefficient (Wildman–Crippen LogP) is 3.80. The van der Waals surface area contributed by atoms with E-state index in [4.69, 9.17) is 11.6 Å². The lowest BCUT2D eigenvalue weighted by Gasteiger charge is -2.36. The number of carbonyl (C=O) groups excluding carboxylic acids is 1. The third-order valence-electron chi connectivity index (χ3n) is 5.48. The number of nitrogens with one attached hydrogen (secondary N) is 1. The molecule has 1 amide bonds. The molecule has 2 aromatic carbocycles. The van der Waals surface area contributed by atoms with Crippen LogP contribution in [-0.2, 0) is 14.8 Å². The van der Waals surface area contributed by atoms with Crippen molar-refractivity contribution in [2.75, 3.05) is 31.5 Å². The molecule has 1 heterocycles. The molecule has 1 unspecified atom stereocenters. The molecule has 1 N–H and O–H groups in total. The van der Waals surface area contributed by atoms with Crippen LogP contribution in [-0.4, -0.2) is 55.8 Å². The van der Waals surface area contributed by atoms with Gasteiger partial charge in [0, 0.05) is 36.9 Å². The van der Waals surface area contributed by atoms with Gasteiger partial charge in [-0.05, 0) is 48.7 Å². The number of hydrogen-bond acceptors (Lipinski definition) is 4. The first kappa shape index (κ1) is 22.7. The van der Waals surface area contributed by atoms with E-state index in [2.05, 4.69) is 19.2 Å². The second-order valence-corrected chi connectivity index (χ2v) is 10.2. The minimum Gasteiger partial charge on any atom is -0.325 e. The third-order valence-corrected chi connectivity index (χ3v) is 7.63. The number of piperazine rings is 1. The van der Waals surface area contributed by atoms with Crippen LogP contribution in [0, 0.1) is 0 Å². The van der Waals surface area contributed by atoms with Crippen LogP contribution in [0.2, 0.25) is 5.02 Å². The Hall–Kier alpha value is -1.93. The fourth-order valence-corrected chi connectivity index (χ4v) is 5.10. The topological polar surface area (TPSA) is 69.7 Å². The molecule has 6 nitrogen and oxygen atoms in total. The summed E-state index contributed by atoms with van der Waals surface area (Å²) in [6.07, 6.45) is 0. The van der Waals surface area contributed by atoms with E-state index in [1.165, 1.54) is 4.31 Å². The molecule has 0 spiro atoms. The van der Waals surface area contributed by atoms with Gasteiger partial charge in [0.15, 0.2) is 0 Å². The van der Waals surface area contributed by atoms with Crippen molar-refractivity contribution in [2.24, 2.45) is 0 Å². The van der Waals surface area contributed by atoms with E-state index in [0.717, 1.165) is 5.56 Å². The molecule has 1 atom stereocenters. The second-order valence-electron chi connectivity index (χ2n) is 7.84. The molecular weight excluding hydrogens is 422 g/mol. The van der Waals surface area contributed by atoms with Crippen LogP contribution in [0.25, 0.3) is 0 Å². The van der Waals surface area contributed by atoms with Crippen molar-refractivity contribution in [1.82, 2.24) is 9.21 Å². The van der Waals surface area contributed by atoms with Gasteiger partial charge in [0.2, 0.25) is 15.9 Å². The maximum atomic E-state index is 13.0. The molecule has 0 aromatic heterocycles. The van der Waals surface area contributed by atoms with Crippen molar-refractivity contribution in [1.29, 1.82) is 0 Å². The number of hydrogen-bond donors (Lipinski definition) is 1. The maximum absolute atomic E-state index is 13.0. The van der Waals surface area contributed by atoms with E-state index in [0.29, 0.717) is 47.7 Å². The Bertz CT molecular complexity index is 985. The molecule has 1 aliphatic rings. The van der Waals surface area contributed by atoms with E-state index in [1.807, 2.05) is 24.0 Å². The molecule has 1 fully saturated rings. The Morgan fingerprint density at radius 2 is 1.63 bits per heavy atom. The lowest BCUT2D eigenvalue weighted by molar-refractivity contribution is -0.121. The standard InChI is InChI=1S/C22H28ClN3O3S/c1-16(2)18-7-9-21(10-8-18)30(28,29)26-13-11-25(12-14-26)17(3)22(27)24-20-6-4-5-19(23)15-20/h4-10,15-17H,11-14H2,1-3H3,(H,24,27). The molecule has 3 rings (SSSR count). The summed E-state index contributed by atoms with van der Waals surface area (Å²) in [5.41, 5.74) is 1.75. The SMILES string of the molecule is CC(C)c1ccc(S(=O)(=O)N2CCN(C(C)C(=O)Nc3cccc(Cl)c3)CC2)cc1. The molecule has 1 aliphatic heterocycles. The number of carbonyl (C=O) groups is 1. The summed E-state index contributed by atoms with van der Waals surface area (Å²) in [6.45, 7) is 7.67. The van der Waals surface area contributed by atoms with Crippen molar-refractivity contribution in [3.63, 3.8) is 0 Å². The van der Waals surface area contributed by atoms with Gasteiger partial charge in [-0.15, -0.1) is 0 Å². The van der Waals surface area contributed by atoms with E-state index >= 15 is 0 Å². The van der Waals surface area contributed by atoms with Gasteiger partial charge in [-0.1, -0.05) is 43.6 Å². The van der Waals surface area contributed by atoms with Gasteiger partial charge in [-0.3, -0.25) is 9.69 Å². The first-order valence-corrected chi connectivity index (χ1v) is 11.9. The second kappa shape index (κ2) is 9.47. The van der Waals surface area contributed by atoms with Crippen LogP contribution in [0.3, 0.4) is 0 Å². The van der Waals surface area contributed by atoms with Gasteiger partial charge in [0.05, 0.1) is 10.9 Å². The fraction of sp³-hybridized carbons (Fsp3) is 0.409. The number of halogens is 1. The Labute approximate surface area is 183 Å². The fourth-order valence-electron chi connectivity index (χ4n) is 3.48. The highest BCUT2D eigenvalue weighted by Gasteiger charge is 2.31. The predicted molar refractivity (Wildman–Crippen MR) is 120 cm³/mol. The summed E-state index contributed by atoms with van der Waals surface area (Å²) in [4.78, 5) is 14.9. The highest BCUT2D eigenvalue weighted by atomic mass is 35.5. The Balaban J connectivity index is 1.59. The normalized spacial score (nSPS) is 17.1. The molecule has 162 valence electrons. The zero-order valence-corrected chi connectivity index (χ0v) is 19.1. The van der Waals surface area contributed by atoms with E-state index in [1.54, 1.807) is 36.4 Å². The van der Waals surface area contributed by atoms with Crippen molar-refractivity contribution >= 4 is 33.2 Å². The lowest BCUT2D eigenvalue weighted by Crippen LogP contribution is -2.53. The van der Waals surface area contributed by atoms with Crippen LogP contribution >= 0.6 is 11.6 Å². The van der Waals surface area contributed by atoms with E-state index in [9.17, 15) is 13.2 Å². The van der Waals surface area contributed by atoms with Gasteiger partial charge in [0.1, 0.15) is 0 Å². The average Bonchev–Trinajstić information content (AvgIpc) is 2.73. The minimum absolute atomic E-state index is 0.141. The number of rotatable bonds is 6. The molecular formula is C22H28ClN3O3S. The Kier molecular flexibility index (Phi) is 7.18. The number of amides is 1. The summed E-state index contributed by atoms with van der Waals surface area (Å²) in [6, 6.07) is 13.7. The summed E-state index contributed by atoms with van der Waals surface area (Å²) < 4.78 is 27.4. The monoisotopic (exact) mass is 449 g/mol. The van der Waals surface area contributed by atoms with Crippen LogP contribution < -0.4 is 5.32 Å². The quantitative estimate of drug-likeness (QED) is 0.728. The Morgan fingerprint density at radius 3 is 2.20 bits per heavy atom. The highest BCUT2D eigenvalue weighted by molar-refractivity contribution is 7.89. The Morgan fingerprint density at radius 1 is 1.00 bits per heavy atom. The highest BCUT2D eigenvalue weighted by Crippen LogP contribution is 2.22. The molecule has 0 bridgehead atoms. The average molecular weight is 450 g/mol. The van der Waals surface area contributed by atoms with Gasteiger partial charge < -0.3 is 5.32 Å². The zero-order chi connectivity index (χ0) is 21.9. The molecule has 1 saturated heterocycles. The van der Waals surface area contributed by atoms with Gasteiger partial charge in [0.25, 0.3) is 0 Å². The summed E-state index contributed by atoms with van der Waals surface area (Å²) >= 11 is 5.97. The molecule has 8 heteroatoms. The van der Waals surface area contributed by atoms with E-state index < -0.39 is 10.0 Å². The van der Waals surface area contributed by atoms with Crippen LogP contribution in [0.1, 0.15) is 32.3 Å². The van der Waals surface area contributed by atoms with Crippen molar-refractivity contribution in [3.05, 3.63) is 59.1 Å². The number of anilines is 1. The maximum Gasteiger partial charge on any atom is 0.243 e. The molecule has 30 heavy (non-hydrogen) atoms. The molecule has 0 radical (unpaired) electrons. The van der Waals surface area contributed by atoms with Crippen molar-refractivity contribution < 1.29 is 13.2 Å². The first-order chi connectivity index (χ1) is 14.2. The molecule has 0 saturated carbocycles. The lowest BCUT2D eigenvalue weighted by atomic mass is 10.0. The smallest absolute Gasteiger partial charge is 0.243 e. The number of nitrogens with zero attached hydrogens (tertiary/aromatic N) is 2. The van der Waals surface area contributed by atoms with E-state index in [-0.39, 0.29) is 11.9 Å². The van der Waals surface area contributed by atoms with Crippen molar-refractivity contribution in [3.8, 4) is 0 Å². The number of benzene rings is 2. The third kappa shape index (κ3) is 5.21. The zero-order valence-electron chi connectivity index (χ0n) is 17.5. The number of sulfonamides is 1. The van der Waals surface area contributed by atoms with Gasteiger partial charge in [-0.25, -0.2) is 8.42 Å². The van der Waals surface area contributed by atoms with Crippen LogP contribution in [0.5, 0.6) is 0 Å². The summed E-state index contributed by atoms with van der Waals surface area (Å²) in [5, 5.41) is 3.42. The largest absolute Gasteiger partial charge is 0.325 e. The first-order valence-electron chi connectivity index (χ1n) is 10.1. The van der Waals surface area contributed by atoms with Crippen molar-refractivity contribution in [2.45, 2.75) is 37.6 Å². The molecule has 2 aromatic rings. The van der Waals surface area contributed by atoms with Crippen LogP contribution in [0.15, 0.2) is 53.4 Å². The van der Waals surface area contributed by atoms with Gasteiger partial charge in [-0.2, -0.15) is 4.31 Å². The van der Waals surface area contributed by atoms with Crippen LogP contribution in [0.4, 0.5) is 5.69 Å². The summed E-state index contributed by atoms with van der Waals surface area (Å²) in [5.74, 6) is 0.211.